The smallest absolute Gasteiger partial charge is 0.229 e. The molecule has 0 radical (unpaired) electrons. The van der Waals surface area contributed by atoms with E-state index in [1.807, 2.05) is 33.3 Å². The van der Waals surface area contributed by atoms with Gasteiger partial charge in [-0.3, -0.25) is 9.48 Å². The minimum Gasteiger partial charge on any atom is -0.325 e. The van der Waals surface area contributed by atoms with Crippen LogP contribution in [-0.2, 0) is 11.8 Å². The van der Waals surface area contributed by atoms with E-state index >= 15 is 0 Å². The molecule has 5 nitrogen and oxygen atoms in total. The summed E-state index contributed by atoms with van der Waals surface area (Å²) in [6.07, 6.45) is 3.86. The maximum atomic E-state index is 12.8. The number of rotatable bonds is 3. The number of carbonyl (C=O) groups is 1. The van der Waals surface area contributed by atoms with Gasteiger partial charge in [-0.2, -0.15) is 5.10 Å². The Labute approximate surface area is 137 Å². The molecule has 1 aliphatic rings. The molecule has 1 fully saturated rings. The molecule has 0 bridgehead atoms. The van der Waals surface area contributed by atoms with Crippen LogP contribution in [0.2, 0.25) is 0 Å². The highest BCUT2D eigenvalue weighted by molar-refractivity contribution is 5.95. The number of nitrogens with zero attached hydrogens (tertiary/aromatic N) is 2. The maximum absolute atomic E-state index is 12.8. The summed E-state index contributed by atoms with van der Waals surface area (Å²) >= 11 is 0. The summed E-state index contributed by atoms with van der Waals surface area (Å²) in [5, 5.41) is 10.7. The van der Waals surface area contributed by atoms with Crippen LogP contribution in [-0.4, -0.2) is 28.8 Å². The minimum atomic E-state index is -0.0701. The van der Waals surface area contributed by atoms with E-state index in [1.165, 1.54) is 5.56 Å². The van der Waals surface area contributed by atoms with E-state index in [4.69, 9.17) is 0 Å². The molecule has 122 valence electrons. The predicted molar refractivity (Wildman–Crippen MR) is 91.6 cm³/mol. The van der Waals surface area contributed by atoms with Crippen molar-refractivity contribution in [3.63, 3.8) is 0 Å². The molecule has 23 heavy (non-hydrogen) atoms. The van der Waals surface area contributed by atoms with Crippen molar-refractivity contribution < 1.29 is 4.79 Å². The average Bonchev–Trinajstić information content (AvgIpc) is 3.10. The number of carbonyl (C=O) groups excluding carboxylic acids is 1. The Kier molecular flexibility index (Phi) is 4.22. The van der Waals surface area contributed by atoms with E-state index in [0.29, 0.717) is 6.54 Å². The van der Waals surface area contributed by atoms with Crippen molar-refractivity contribution in [3.8, 4) is 0 Å². The summed E-state index contributed by atoms with van der Waals surface area (Å²) in [6, 6.07) is 4.21. The summed E-state index contributed by atoms with van der Waals surface area (Å²) in [6.45, 7) is 7.68. The fraction of sp³-hybridized carbons (Fsp3) is 0.444. The number of hydrogen-bond donors (Lipinski definition) is 2. The lowest BCUT2D eigenvalue weighted by Gasteiger charge is -2.19. The second-order valence-corrected chi connectivity index (χ2v) is 6.58. The van der Waals surface area contributed by atoms with Gasteiger partial charge < -0.3 is 10.6 Å². The zero-order valence-electron chi connectivity index (χ0n) is 14.2. The molecule has 0 saturated carbocycles. The largest absolute Gasteiger partial charge is 0.325 e. The summed E-state index contributed by atoms with van der Waals surface area (Å²) in [4.78, 5) is 12.8. The van der Waals surface area contributed by atoms with Gasteiger partial charge in [-0.1, -0.05) is 17.7 Å². The van der Waals surface area contributed by atoms with Gasteiger partial charge >= 0.3 is 0 Å². The van der Waals surface area contributed by atoms with Crippen molar-refractivity contribution in [2.24, 2.45) is 13.0 Å². The molecule has 1 saturated heterocycles. The van der Waals surface area contributed by atoms with Gasteiger partial charge in [0.15, 0.2) is 0 Å². The van der Waals surface area contributed by atoms with Gasteiger partial charge in [0, 0.05) is 37.9 Å². The van der Waals surface area contributed by atoms with Gasteiger partial charge in [-0.05, 0) is 37.5 Å². The first-order valence-electron chi connectivity index (χ1n) is 8.03. The standard InChI is InChI=1S/C18H24N4O/c1-11-5-12(2)17(13(3)6-11)21-18(23)16-9-19-8-15(16)14-7-20-22(4)10-14/h5-7,10,15-16,19H,8-9H2,1-4H3,(H,21,23)/t15-,16+/m1/s1. The van der Waals surface area contributed by atoms with Gasteiger partial charge in [0.2, 0.25) is 5.91 Å². The fourth-order valence-electron chi connectivity index (χ4n) is 3.53. The number of nitrogens with one attached hydrogen (secondary N) is 2. The Morgan fingerprint density at radius 1 is 1.26 bits per heavy atom. The summed E-state index contributed by atoms with van der Waals surface area (Å²) in [5.74, 6) is 0.188. The van der Waals surface area contributed by atoms with E-state index in [-0.39, 0.29) is 17.7 Å². The van der Waals surface area contributed by atoms with Crippen molar-refractivity contribution in [1.29, 1.82) is 0 Å². The zero-order chi connectivity index (χ0) is 16.6. The second kappa shape index (κ2) is 6.16. The Hall–Kier alpha value is -2.14. The molecule has 5 heteroatoms. The van der Waals surface area contributed by atoms with E-state index in [0.717, 1.165) is 28.9 Å². The Morgan fingerprint density at radius 2 is 1.96 bits per heavy atom. The van der Waals surface area contributed by atoms with E-state index < -0.39 is 0 Å². The molecular formula is C18H24N4O. The van der Waals surface area contributed by atoms with Crippen LogP contribution < -0.4 is 10.6 Å². The lowest BCUT2D eigenvalue weighted by atomic mass is 9.90. The molecule has 1 aromatic heterocycles. The van der Waals surface area contributed by atoms with Crippen molar-refractivity contribution in [1.82, 2.24) is 15.1 Å². The van der Waals surface area contributed by atoms with Gasteiger partial charge in [-0.15, -0.1) is 0 Å². The molecule has 1 aliphatic heterocycles. The highest BCUT2D eigenvalue weighted by Crippen LogP contribution is 2.30. The summed E-state index contributed by atoms with van der Waals surface area (Å²) < 4.78 is 1.79. The molecule has 0 aliphatic carbocycles. The third-order valence-electron chi connectivity index (χ3n) is 4.63. The van der Waals surface area contributed by atoms with E-state index in [1.54, 1.807) is 4.68 Å². The summed E-state index contributed by atoms with van der Waals surface area (Å²) in [5.41, 5.74) is 5.50. The van der Waals surface area contributed by atoms with Gasteiger partial charge in [0.1, 0.15) is 0 Å². The maximum Gasteiger partial charge on any atom is 0.229 e. The third kappa shape index (κ3) is 3.15. The number of benzene rings is 1. The first kappa shape index (κ1) is 15.7. The SMILES string of the molecule is Cc1cc(C)c(NC(=O)[C@H]2CNC[C@@H]2c2cnn(C)c2)c(C)c1. The van der Waals surface area contributed by atoms with Crippen LogP contribution in [0.4, 0.5) is 5.69 Å². The predicted octanol–water partition coefficient (Wildman–Crippen LogP) is 2.29. The minimum absolute atomic E-state index is 0.0701. The van der Waals surface area contributed by atoms with Gasteiger partial charge in [-0.25, -0.2) is 0 Å². The van der Waals surface area contributed by atoms with Crippen LogP contribution in [0.15, 0.2) is 24.5 Å². The quantitative estimate of drug-likeness (QED) is 0.914. The van der Waals surface area contributed by atoms with E-state index in [2.05, 4.69) is 34.8 Å². The third-order valence-corrected chi connectivity index (χ3v) is 4.63. The first-order chi connectivity index (χ1) is 11.0. The molecular weight excluding hydrogens is 288 g/mol. The van der Waals surface area contributed by atoms with Crippen molar-refractivity contribution in [2.75, 3.05) is 18.4 Å². The van der Waals surface area contributed by atoms with E-state index in [9.17, 15) is 4.79 Å². The highest BCUT2D eigenvalue weighted by atomic mass is 16.2. The second-order valence-electron chi connectivity index (χ2n) is 6.58. The Balaban J connectivity index is 1.80. The van der Waals surface area contributed by atoms with Crippen LogP contribution in [0.1, 0.15) is 28.2 Å². The fourth-order valence-corrected chi connectivity index (χ4v) is 3.53. The molecule has 2 heterocycles. The highest BCUT2D eigenvalue weighted by Gasteiger charge is 2.35. The van der Waals surface area contributed by atoms with Crippen molar-refractivity contribution in [3.05, 3.63) is 46.8 Å². The monoisotopic (exact) mass is 312 g/mol. The zero-order valence-corrected chi connectivity index (χ0v) is 14.2. The number of amides is 1. The number of hydrogen-bond acceptors (Lipinski definition) is 3. The first-order valence-corrected chi connectivity index (χ1v) is 8.03. The van der Waals surface area contributed by atoms with Crippen molar-refractivity contribution >= 4 is 11.6 Å². The average molecular weight is 312 g/mol. The normalized spacial score (nSPS) is 20.7. The van der Waals surface area contributed by atoms with Gasteiger partial charge in [0.25, 0.3) is 0 Å². The Morgan fingerprint density at radius 3 is 2.57 bits per heavy atom. The Bertz CT molecular complexity index is 711. The van der Waals surface area contributed by atoms with Crippen LogP contribution in [0, 0.1) is 26.7 Å². The topological polar surface area (TPSA) is 59.0 Å². The van der Waals surface area contributed by atoms with Crippen LogP contribution in [0.25, 0.3) is 0 Å². The van der Waals surface area contributed by atoms with Crippen LogP contribution >= 0.6 is 0 Å². The molecule has 1 aromatic carbocycles. The lowest BCUT2D eigenvalue weighted by Crippen LogP contribution is -2.28. The lowest BCUT2D eigenvalue weighted by molar-refractivity contribution is -0.119. The van der Waals surface area contributed by atoms with Crippen molar-refractivity contribution in [2.45, 2.75) is 26.7 Å². The molecule has 1 amide bonds. The number of anilines is 1. The summed E-state index contributed by atoms with van der Waals surface area (Å²) in [7, 11) is 1.90. The molecule has 2 atom stereocenters. The number of aryl methyl sites for hydroxylation is 4. The van der Waals surface area contributed by atoms with Gasteiger partial charge in [0.05, 0.1) is 12.1 Å². The molecule has 2 aromatic rings. The molecule has 0 spiro atoms. The number of aromatic nitrogens is 2. The molecule has 2 N–H and O–H groups in total. The molecule has 0 unspecified atom stereocenters. The van der Waals surface area contributed by atoms with Crippen LogP contribution in [0.3, 0.4) is 0 Å². The van der Waals surface area contributed by atoms with Crippen LogP contribution in [0.5, 0.6) is 0 Å². The molecule has 3 rings (SSSR count).